The van der Waals surface area contributed by atoms with Crippen molar-refractivity contribution in [1.82, 2.24) is 8.75 Å². The molecule has 0 bridgehead atoms. The van der Waals surface area contributed by atoms with Gasteiger partial charge in [0.15, 0.2) is 6.61 Å². The molecule has 24 heavy (non-hydrogen) atoms. The van der Waals surface area contributed by atoms with Crippen molar-refractivity contribution >= 4 is 39.2 Å². The second-order valence-corrected chi connectivity index (χ2v) is 6.66. The maximum atomic E-state index is 12.4. The van der Waals surface area contributed by atoms with Gasteiger partial charge in [-0.3, -0.25) is 9.52 Å². The van der Waals surface area contributed by atoms with Gasteiger partial charge in [0, 0.05) is 12.6 Å². The van der Waals surface area contributed by atoms with Crippen molar-refractivity contribution in [3.8, 4) is 17.7 Å². The summed E-state index contributed by atoms with van der Waals surface area (Å²) in [5, 5.41) is 2.56. The predicted molar refractivity (Wildman–Crippen MR) is 90.4 cm³/mol. The standard InChI is InChI=1S/C14H14N4O4S2/c1-3-4-9-22-14-13(16-23-17-14)18-24(20,21)12-7-5-11(6-8-12)15-10(2)19/h5-8H,9H2,1-2H3,(H,15,19)(H,16,18). The highest BCUT2D eigenvalue weighted by Gasteiger charge is 2.19. The number of nitrogens with one attached hydrogen (secondary N) is 2. The largest absolute Gasteiger partial charge is 0.461 e. The Labute approximate surface area is 143 Å². The molecule has 0 aliphatic carbocycles. The van der Waals surface area contributed by atoms with E-state index in [1.54, 1.807) is 6.92 Å². The molecule has 0 atom stereocenters. The summed E-state index contributed by atoms with van der Waals surface area (Å²) >= 11 is 0.822. The number of nitrogens with zero attached hydrogens (tertiary/aromatic N) is 2. The molecule has 0 radical (unpaired) electrons. The molecule has 0 fully saturated rings. The fraction of sp³-hybridized carbons (Fsp3) is 0.214. The predicted octanol–water partition coefficient (Wildman–Crippen LogP) is 1.70. The van der Waals surface area contributed by atoms with Gasteiger partial charge in [0.25, 0.3) is 15.9 Å². The van der Waals surface area contributed by atoms with Crippen LogP contribution in [0.4, 0.5) is 11.5 Å². The lowest BCUT2D eigenvalue weighted by Gasteiger charge is -2.08. The highest BCUT2D eigenvalue weighted by molar-refractivity contribution is 7.92. The number of anilines is 2. The third-order valence-corrected chi connectivity index (χ3v) is 4.50. The van der Waals surface area contributed by atoms with Crippen LogP contribution in [0.15, 0.2) is 29.2 Å². The van der Waals surface area contributed by atoms with Crippen molar-refractivity contribution in [3.05, 3.63) is 24.3 Å². The van der Waals surface area contributed by atoms with Crippen LogP contribution in [0.5, 0.6) is 5.88 Å². The minimum atomic E-state index is -3.86. The van der Waals surface area contributed by atoms with Gasteiger partial charge >= 0.3 is 0 Å². The molecular weight excluding hydrogens is 352 g/mol. The van der Waals surface area contributed by atoms with Crippen LogP contribution < -0.4 is 14.8 Å². The molecule has 126 valence electrons. The fourth-order valence-corrected chi connectivity index (χ4v) is 3.14. The lowest BCUT2D eigenvalue weighted by Crippen LogP contribution is -2.14. The Balaban J connectivity index is 2.15. The van der Waals surface area contributed by atoms with E-state index in [2.05, 4.69) is 30.6 Å². The Morgan fingerprint density at radius 1 is 1.29 bits per heavy atom. The molecule has 10 heteroatoms. The lowest BCUT2D eigenvalue weighted by molar-refractivity contribution is -0.114. The number of carbonyl (C=O) groups excluding carboxylic acids is 1. The zero-order valence-electron chi connectivity index (χ0n) is 12.9. The Bertz CT molecular complexity index is 879. The average molecular weight is 366 g/mol. The van der Waals surface area contributed by atoms with Crippen LogP contribution in [0.25, 0.3) is 0 Å². The SMILES string of the molecule is CC#CCOc1nsnc1NS(=O)(=O)c1ccc(NC(C)=O)cc1. The molecule has 1 aromatic heterocycles. The van der Waals surface area contributed by atoms with Gasteiger partial charge in [-0.05, 0) is 31.2 Å². The number of hydrogen-bond acceptors (Lipinski definition) is 7. The highest BCUT2D eigenvalue weighted by atomic mass is 32.2. The third kappa shape index (κ3) is 4.68. The maximum Gasteiger partial charge on any atom is 0.272 e. The number of rotatable bonds is 6. The van der Waals surface area contributed by atoms with E-state index in [9.17, 15) is 13.2 Å². The van der Waals surface area contributed by atoms with Gasteiger partial charge in [-0.15, -0.1) is 10.3 Å². The zero-order chi connectivity index (χ0) is 17.6. The molecule has 0 unspecified atom stereocenters. The summed E-state index contributed by atoms with van der Waals surface area (Å²) in [5.74, 6) is 5.17. The molecule has 1 heterocycles. The van der Waals surface area contributed by atoms with Crippen LogP contribution in [-0.2, 0) is 14.8 Å². The molecule has 0 saturated heterocycles. The van der Waals surface area contributed by atoms with Crippen molar-refractivity contribution in [1.29, 1.82) is 0 Å². The summed E-state index contributed by atoms with van der Waals surface area (Å²) < 4.78 is 40.1. The van der Waals surface area contributed by atoms with Crippen molar-refractivity contribution in [2.24, 2.45) is 0 Å². The zero-order valence-corrected chi connectivity index (χ0v) is 14.5. The van der Waals surface area contributed by atoms with Crippen LogP contribution in [0.1, 0.15) is 13.8 Å². The molecular formula is C14H14N4O4S2. The molecule has 0 saturated carbocycles. The van der Waals surface area contributed by atoms with Gasteiger partial charge < -0.3 is 10.1 Å². The molecule has 0 spiro atoms. The van der Waals surface area contributed by atoms with E-state index in [0.717, 1.165) is 11.7 Å². The molecule has 2 aromatic rings. The van der Waals surface area contributed by atoms with Crippen LogP contribution >= 0.6 is 11.7 Å². The Hall–Kier alpha value is -2.64. The van der Waals surface area contributed by atoms with Crippen molar-refractivity contribution < 1.29 is 17.9 Å². The fourth-order valence-electron chi connectivity index (χ4n) is 1.62. The van der Waals surface area contributed by atoms with Crippen LogP contribution in [-0.4, -0.2) is 29.7 Å². The van der Waals surface area contributed by atoms with Gasteiger partial charge in [-0.25, -0.2) is 8.42 Å². The summed E-state index contributed by atoms with van der Waals surface area (Å²) in [4.78, 5) is 11.0. The molecule has 0 aliphatic rings. The van der Waals surface area contributed by atoms with Gasteiger partial charge in [0.1, 0.15) is 0 Å². The Kier molecular flexibility index (Phi) is 5.73. The molecule has 8 nitrogen and oxygen atoms in total. The number of aromatic nitrogens is 2. The number of sulfonamides is 1. The normalized spacial score (nSPS) is 10.4. The second kappa shape index (κ2) is 7.76. The first-order valence-electron chi connectivity index (χ1n) is 6.68. The minimum Gasteiger partial charge on any atom is -0.461 e. The molecule has 1 aromatic carbocycles. The number of amides is 1. The minimum absolute atomic E-state index is 0.00356. The number of hydrogen-bond donors (Lipinski definition) is 2. The van der Waals surface area contributed by atoms with Gasteiger partial charge in [-0.2, -0.15) is 4.37 Å². The average Bonchev–Trinajstić information content (AvgIpc) is 2.94. The van der Waals surface area contributed by atoms with Crippen LogP contribution in [0, 0.1) is 11.8 Å². The summed E-state index contributed by atoms with van der Waals surface area (Å²) in [6.07, 6.45) is 0. The molecule has 2 rings (SSSR count). The quantitative estimate of drug-likeness (QED) is 0.753. The first-order chi connectivity index (χ1) is 11.4. The van der Waals surface area contributed by atoms with E-state index < -0.39 is 10.0 Å². The molecule has 2 N–H and O–H groups in total. The van der Waals surface area contributed by atoms with E-state index in [1.165, 1.54) is 31.2 Å². The van der Waals surface area contributed by atoms with E-state index in [0.29, 0.717) is 5.69 Å². The first kappa shape index (κ1) is 17.7. The van der Waals surface area contributed by atoms with Gasteiger partial charge in [-0.1, -0.05) is 5.92 Å². The van der Waals surface area contributed by atoms with Crippen molar-refractivity contribution in [3.63, 3.8) is 0 Å². The number of benzene rings is 1. The Morgan fingerprint density at radius 2 is 2.00 bits per heavy atom. The maximum absolute atomic E-state index is 12.4. The smallest absolute Gasteiger partial charge is 0.272 e. The lowest BCUT2D eigenvalue weighted by atomic mass is 10.3. The molecule has 0 aliphatic heterocycles. The van der Waals surface area contributed by atoms with Gasteiger partial charge in [0.2, 0.25) is 11.7 Å². The van der Waals surface area contributed by atoms with Crippen LogP contribution in [0.2, 0.25) is 0 Å². The Morgan fingerprint density at radius 3 is 2.62 bits per heavy atom. The second-order valence-electron chi connectivity index (χ2n) is 4.44. The summed E-state index contributed by atoms with van der Waals surface area (Å²) in [7, 11) is -3.86. The third-order valence-electron chi connectivity index (χ3n) is 2.63. The number of ether oxygens (including phenoxy) is 1. The van der Waals surface area contributed by atoms with E-state index in [-0.39, 0.29) is 29.1 Å². The van der Waals surface area contributed by atoms with Crippen LogP contribution in [0.3, 0.4) is 0 Å². The summed E-state index contributed by atoms with van der Waals surface area (Å²) in [6, 6.07) is 5.72. The summed E-state index contributed by atoms with van der Waals surface area (Å²) in [5.41, 5.74) is 0.499. The first-order valence-corrected chi connectivity index (χ1v) is 8.89. The van der Waals surface area contributed by atoms with E-state index >= 15 is 0 Å². The summed E-state index contributed by atoms with van der Waals surface area (Å²) in [6.45, 7) is 3.12. The monoisotopic (exact) mass is 366 g/mol. The van der Waals surface area contributed by atoms with Crippen molar-refractivity contribution in [2.75, 3.05) is 16.6 Å². The topological polar surface area (TPSA) is 110 Å². The highest BCUT2D eigenvalue weighted by Crippen LogP contribution is 2.24. The molecule has 1 amide bonds. The van der Waals surface area contributed by atoms with Gasteiger partial charge in [0.05, 0.1) is 16.6 Å². The van der Waals surface area contributed by atoms with Crippen molar-refractivity contribution in [2.45, 2.75) is 18.7 Å². The van der Waals surface area contributed by atoms with E-state index in [4.69, 9.17) is 4.74 Å². The number of carbonyl (C=O) groups is 1. The van der Waals surface area contributed by atoms with E-state index in [1.807, 2.05) is 0 Å².